The molecule has 32 heavy (non-hydrogen) atoms. The number of carbonyl (C=O) groups is 2. The second-order valence-corrected chi connectivity index (χ2v) is 6.85. The minimum atomic E-state index is -0.343. The van der Waals surface area contributed by atoms with Gasteiger partial charge in [0.15, 0.2) is 5.76 Å². The molecular weight excluding hydrogens is 406 g/mol. The van der Waals surface area contributed by atoms with Crippen LogP contribution in [0.1, 0.15) is 10.6 Å². The number of carbonyl (C=O) groups excluding carboxylic acids is 2. The standard InChI is InChI=1S/C25H21N3O4/c29-24(27-18-11-13-22(14-12-18)32-21-8-2-1-3-9-21)17-26-19-6-4-7-20(16-19)28-25(30)23-10-5-15-31-23/h1-16,26H,17H2,(H,27,29)(H,28,30). The van der Waals surface area contributed by atoms with E-state index in [1.54, 1.807) is 54.6 Å². The SMILES string of the molecule is O=C(CNc1cccc(NC(=O)c2ccco2)c1)Nc1ccc(Oc2ccccc2)cc1. The lowest BCUT2D eigenvalue weighted by Crippen LogP contribution is -2.21. The van der Waals surface area contributed by atoms with Crippen LogP contribution in [-0.2, 0) is 4.79 Å². The van der Waals surface area contributed by atoms with Crippen LogP contribution in [0.15, 0.2) is 102 Å². The van der Waals surface area contributed by atoms with Crippen molar-refractivity contribution in [2.24, 2.45) is 0 Å². The molecule has 3 aromatic carbocycles. The van der Waals surface area contributed by atoms with E-state index in [1.165, 1.54) is 6.26 Å². The van der Waals surface area contributed by atoms with Crippen molar-refractivity contribution < 1.29 is 18.7 Å². The Labute approximate surface area is 185 Å². The van der Waals surface area contributed by atoms with Gasteiger partial charge < -0.3 is 25.1 Å². The monoisotopic (exact) mass is 427 g/mol. The summed E-state index contributed by atoms with van der Waals surface area (Å²) >= 11 is 0. The first kappa shape index (κ1) is 20.7. The van der Waals surface area contributed by atoms with Crippen LogP contribution in [-0.4, -0.2) is 18.4 Å². The molecule has 1 heterocycles. The molecule has 4 aromatic rings. The molecule has 0 fully saturated rings. The summed E-state index contributed by atoms with van der Waals surface area (Å²) in [5, 5.41) is 8.62. The van der Waals surface area contributed by atoms with Crippen molar-refractivity contribution in [3.63, 3.8) is 0 Å². The van der Waals surface area contributed by atoms with Gasteiger partial charge >= 0.3 is 0 Å². The number of anilines is 3. The van der Waals surface area contributed by atoms with Crippen molar-refractivity contribution in [2.45, 2.75) is 0 Å². The number of nitrogens with one attached hydrogen (secondary N) is 3. The van der Waals surface area contributed by atoms with E-state index in [1.807, 2.05) is 36.4 Å². The highest BCUT2D eigenvalue weighted by molar-refractivity contribution is 6.02. The fourth-order valence-corrected chi connectivity index (χ4v) is 2.93. The van der Waals surface area contributed by atoms with Crippen LogP contribution in [0.4, 0.5) is 17.1 Å². The van der Waals surface area contributed by atoms with Crippen molar-refractivity contribution in [1.82, 2.24) is 0 Å². The molecule has 0 atom stereocenters. The number of para-hydroxylation sites is 1. The van der Waals surface area contributed by atoms with Gasteiger partial charge in [-0.05, 0) is 66.7 Å². The quantitative estimate of drug-likeness (QED) is 0.351. The van der Waals surface area contributed by atoms with Crippen LogP contribution in [0.5, 0.6) is 11.5 Å². The van der Waals surface area contributed by atoms with E-state index in [4.69, 9.17) is 9.15 Å². The van der Waals surface area contributed by atoms with Gasteiger partial charge in [-0.2, -0.15) is 0 Å². The lowest BCUT2D eigenvalue weighted by molar-refractivity contribution is -0.114. The zero-order valence-corrected chi connectivity index (χ0v) is 17.1. The molecule has 4 rings (SSSR count). The van der Waals surface area contributed by atoms with Crippen LogP contribution in [0.2, 0.25) is 0 Å². The molecule has 0 spiro atoms. The van der Waals surface area contributed by atoms with E-state index in [9.17, 15) is 9.59 Å². The molecular formula is C25H21N3O4. The molecule has 0 saturated carbocycles. The molecule has 0 saturated heterocycles. The highest BCUT2D eigenvalue weighted by atomic mass is 16.5. The molecule has 2 amide bonds. The highest BCUT2D eigenvalue weighted by Gasteiger charge is 2.09. The van der Waals surface area contributed by atoms with Crippen molar-refractivity contribution in [3.05, 3.63) is 103 Å². The minimum absolute atomic E-state index is 0.0673. The molecule has 160 valence electrons. The highest BCUT2D eigenvalue weighted by Crippen LogP contribution is 2.22. The van der Waals surface area contributed by atoms with Gasteiger partial charge in [0.1, 0.15) is 11.5 Å². The van der Waals surface area contributed by atoms with Crippen LogP contribution >= 0.6 is 0 Å². The summed E-state index contributed by atoms with van der Waals surface area (Å²) in [6, 6.07) is 26.9. The molecule has 1 aromatic heterocycles. The summed E-state index contributed by atoms with van der Waals surface area (Å²) in [6.07, 6.45) is 1.44. The second kappa shape index (κ2) is 9.99. The third-order valence-electron chi connectivity index (χ3n) is 4.44. The van der Waals surface area contributed by atoms with Crippen molar-refractivity contribution in [2.75, 3.05) is 22.5 Å². The average molecular weight is 427 g/mol. The third kappa shape index (κ3) is 5.76. The number of amides is 2. The number of ether oxygens (including phenoxy) is 1. The Hall–Kier alpha value is -4.52. The Morgan fingerprint density at radius 3 is 2.22 bits per heavy atom. The molecule has 0 radical (unpaired) electrons. The number of furan rings is 1. The first-order valence-electron chi connectivity index (χ1n) is 9.97. The topological polar surface area (TPSA) is 92.6 Å². The predicted octanol–water partition coefficient (Wildman–Crippen LogP) is 5.37. The van der Waals surface area contributed by atoms with Crippen LogP contribution in [0.3, 0.4) is 0 Å². The third-order valence-corrected chi connectivity index (χ3v) is 4.44. The summed E-state index contributed by atoms with van der Waals surface area (Å²) in [6.45, 7) is 0.0673. The maximum Gasteiger partial charge on any atom is 0.291 e. The van der Waals surface area contributed by atoms with E-state index in [0.29, 0.717) is 22.8 Å². The number of benzene rings is 3. The Morgan fingerprint density at radius 2 is 1.47 bits per heavy atom. The van der Waals surface area contributed by atoms with Crippen molar-refractivity contribution >= 4 is 28.9 Å². The second-order valence-electron chi connectivity index (χ2n) is 6.85. The van der Waals surface area contributed by atoms with Gasteiger partial charge in [-0.15, -0.1) is 0 Å². The summed E-state index contributed by atoms with van der Waals surface area (Å²) in [4.78, 5) is 24.4. The fourth-order valence-electron chi connectivity index (χ4n) is 2.93. The average Bonchev–Trinajstić information content (AvgIpc) is 3.35. The van der Waals surface area contributed by atoms with Crippen LogP contribution in [0.25, 0.3) is 0 Å². The zero-order valence-electron chi connectivity index (χ0n) is 17.1. The van der Waals surface area contributed by atoms with E-state index in [-0.39, 0.29) is 24.1 Å². The zero-order chi connectivity index (χ0) is 22.2. The molecule has 7 nitrogen and oxygen atoms in total. The van der Waals surface area contributed by atoms with Gasteiger partial charge in [0.2, 0.25) is 5.91 Å². The summed E-state index contributed by atoms with van der Waals surface area (Å²) in [5.41, 5.74) is 1.95. The van der Waals surface area contributed by atoms with Gasteiger partial charge in [0, 0.05) is 17.1 Å². The first-order chi connectivity index (χ1) is 15.7. The van der Waals surface area contributed by atoms with Crippen molar-refractivity contribution in [1.29, 1.82) is 0 Å². The van der Waals surface area contributed by atoms with Crippen LogP contribution in [0, 0.1) is 0 Å². The molecule has 3 N–H and O–H groups in total. The lowest BCUT2D eigenvalue weighted by atomic mass is 10.2. The number of rotatable bonds is 8. The van der Waals surface area contributed by atoms with E-state index >= 15 is 0 Å². The van der Waals surface area contributed by atoms with Crippen molar-refractivity contribution in [3.8, 4) is 11.5 Å². The molecule has 7 heteroatoms. The van der Waals surface area contributed by atoms with Gasteiger partial charge in [-0.3, -0.25) is 9.59 Å². The Kier molecular flexibility index (Phi) is 6.48. The molecule has 0 aliphatic carbocycles. The van der Waals surface area contributed by atoms with E-state index < -0.39 is 0 Å². The Morgan fingerprint density at radius 1 is 0.719 bits per heavy atom. The fraction of sp³-hybridized carbons (Fsp3) is 0.0400. The Bertz CT molecular complexity index is 1170. The molecule has 0 aliphatic rings. The normalized spacial score (nSPS) is 10.2. The summed E-state index contributed by atoms with van der Waals surface area (Å²) < 4.78 is 10.8. The molecule has 0 aliphatic heterocycles. The predicted molar refractivity (Wildman–Crippen MR) is 123 cm³/mol. The lowest BCUT2D eigenvalue weighted by Gasteiger charge is -2.10. The largest absolute Gasteiger partial charge is 0.459 e. The maximum atomic E-state index is 12.3. The van der Waals surface area contributed by atoms with E-state index in [2.05, 4.69) is 16.0 Å². The van der Waals surface area contributed by atoms with Gasteiger partial charge in [-0.25, -0.2) is 0 Å². The van der Waals surface area contributed by atoms with Gasteiger partial charge in [0.25, 0.3) is 5.91 Å². The summed E-state index contributed by atoms with van der Waals surface area (Å²) in [5.74, 6) is 1.11. The number of hydrogen-bond donors (Lipinski definition) is 3. The number of hydrogen-bond acceptors (Lipinski definition) is 5. The Balaban J connectivity index is 1.27. The van der Waals surface area contributed by atoms with Gasteiger partial charge in [-0.1, -0.05) is 24.3 Å². The summed E-state index contributed by atoms with van der Waals surface area (Å²) in [7, 11) is 0. The van der Waals surface area contributed by atoms with E-state index in [0.717, 1.165) is 5.75 Å². The molecule has 0 unspecified atom stereocenters. The van der Waals surface area contributed by atoms with Crippen LogP contribution < -0.4 is 20.7 Å². The van der Waals surface area contributed by atoms with Gasteiger partial charge in [0.05, 0.1) is 12.8 Å². The smallest absolute Gasteiger partial charge is 0.291 e. The first-order valence-corrected chi connectivity index (χ1v) is 9.97. The molecule has 0 bridgehead atoms. The maximum absolute atomic E-state index is 12.3. The minimum Gasteiger partial charge on any atom is -0.459 e.